The number of pyridine rings is 1. The Balaban J connectivity index is 1.07. The van der Waals surface area contributed by atoms with E-state index >= 15 is 0 Å². The molecular weight excluding hydrogens is 447 g/mol. The van der Waals surface area contributed by atoms with Crippen LogP contribution in [0.5, 0.6) is 0 Å². The van der Waals surface area contributed by atoms with Gasteiger partial charge in [0.15, 0.2) is 0 Å². The van der Waals surface area contributed by atoms with Crippen molar-refractivity contribution in [2.75, 3.05) is 44.6 Å². The van der Waals surface area contributed by atoms with Gasteiger partial charge >= 0.3 is 6.03 Å². The summed E-state index contributed by atoms with van der Waals surface area (Å²) in [5, 5.41) is 9.04. The summed E-state index contributed by atoms with van der Waals surface area (Å²) in [6.07, 6.45) is 6.22. The molecule has 3 N–H and O–H groups in total. The van der Waals surface area contributed by atoms with Crippen LogP contribution in [-0.4, -0.2) is 72.0 Å². The number of anilines is 1. The van der Waals surface area contributed by atoms with E-state index in [0.717, 1.165) is 64.1 Å². The number of nitrogens with one attached hydrogen (secondary N) is 3. The predicted molar refractivity (Wildman–Crippen MR) is 131 cm³/mol. The van der Waals surface area contributed by atoms with Crippen molar-refractivity contribution in [1.29, 1.82) is 0 Å². The third-order valence-corrected chi connectivity index (χ3v) is 7.41. The number of rotatable bonds is 6. The highest BCUT2D eigenvalue weighted by Gasteiger charge is 2.44. The van der Waals surface area contributed by atoms with Gasteiger partial charge in [-0.25, -0.2) is 9.18 Å². The van der Waals surface area contributed by atoms with Crippen molar-refractivity contribution in [3.8, 4) is 0 Å². The van der Waals surface area contributed by atoms with Gasteiger partial charge in [0.05, 0.1) is 0 Å². The summed E-state index contributed by atoms with van der Waals surface area (Å²) in [5.74, 6) is -0.495. The Bertz CT molecular complexity index is 1040. The number of hydrogen-bond acceptors (Lipinski definition) is 5. The molecule has 1 aromatic heterocycles. The van der Waals surface area contributed by atoms with E-state index in [2.05, 4.69) is 25.8 Å². The average Bonchev–Trinajstić information content (AvgIpc) is 3.71. The molecule has 0 bridgehead atoms. The second-order valence-electron chi connectivity index (χ2n) is 9.69. The molecule has 2 atom stereocenters. The Morgan fingerprint density at radius 1 is 1.11 bits per heavy atom. The number of halogens is 1. The topological polar surface area (TPSA) is 89.6 Å². The third-order valence-electron chi connectivity index (χ3n) is 7.41. The van der Waals surface area contributed by atoms with Gasteiger partial charge in [0.2, 0.25) is 5.91 Å². The molecule has 5 rings (SSSR count). The number of carbonyl (C=O) groups is 2. The highest BCUT2D eigenvalue weighted by molar-refractivity contribution is 5.95. The lowest BCUT2D eigenvalue weighted by Crippen LogP contribution is -2.53. The van der Waals surface area contributed by atoms with Crippen LogP contribution in [0.1, 0.15) is 36.3 Å². The Morgan fingerprint density at radius 2 is 1.91 bits per heavy atom. The molecule has 0 radical (unpaired) electrons. The number of hydrogen-bond donors (Lipinski definition) is 3. The first-order valence-electron chi connectivity index (χ1n) is 12.6. The van der Waals surface area contributed by atoms with Gasteiger partial charge in [-0.15, -0.1) is 0 Å². The molecule has 3 fully saturated rings. The van der Waals surface area contributed by atoms with Crippen LogP contribution in [0.4, 0.5) is 14.9 Å². The molecular formula is C26H33FN6O2. The fourth-order valence-electron chi connectivity index (χ4n) is 5.22. The number of carbonyl (C=O) groups excluding carboxylic acids is 2. The molecule has 0 spiro atoms. The maximum atomic E-state index is 14.7. The summed E-state index contributed by atoms with van der Waals surface area (Å²) in [5.41, 5.74) is 1.87. The molecule has 9 heteroatoms. The van der Waals surface area contributed by atoms with Crippen molar-refractivity contribution in [2.24, 2.45) is 5.92 Å². The number of benzene rings is 1. The number of piperidine rings is 1. The summed E-state index contributed by atoms with van der Waals surface area (Å²) in [6.45, 7) is 5.74. The minimum atomic E-state index is -0.444. The van der Waals surface area contributed by atoms with Crippen LogP contribution < -0.4 is 16.0 Å². The molecule has 2 aromatic rings. The van der Waals surface area contributed by atoms with Crippen molar-refractivity contribution in [2.45, 2.75) is 37.8 Å². The van der Waals surface area contributed by atoms with Gasteiger partial charge in [-0.3, -0.25) is 14.7 Å². The normalized spacial score (nSPS) is 23.1. The zero-order valence-corrected chi connectivity index (χ0v) is 19.9. The minimum Gasteiger partial charge on any atom is -0.334 e. The second kappa shape index (κ2) is 10.7. The first-order chi connectivity index (χ1) is 17.1. The smallest absolute Gasteiger partial charge is 0.317 e. The lowest BCUT2D eigenvalue weighted by atomic mass is 10.0. The predicted octanol–water partition coefficient (Wildman–Crippen LogP) is 2.54. The zero-order chi connectivity index (χ0) is 24.2. The van der Waals surface area contributed by atoms with Crippen molar-refractivity contribution < 1.29 is 14.0 Å². The number of amides is 3. The SMILES string of the molecule is O=C(Nc1ccc(CNC(=O)N2CCC(N3CCNCC3)CC2)c(F)c1)C1CC1c1cccnc1. The number of likely N-dealkylation sites (tertiary alicyclic amines) is 1. The fourth-order valence-corrected chi connectivity index (χ4v) is 5.22. The fraction of sp³-hybridized carbons (Fsp3) is 0.500. The Labute approximate surface area is 205 Å². The number of urea groups is 1. The van der Waals surface area contributed by atoms with Crippen molar-refractivity contribution in [3.63, 3.8) is 0 Å². The first kappa shape index (κ1) is 23.7. The van der Waals surface area contributed by atoms with Crippen molar-refractivity contribution in [3.05, 3.63) is 59.7 Å². The molecule has 3 aliphatic rings. The highest BCUT2D eigenvalue weighted by atomic mass is 19.1. The minimum absolute atomic E-state index is 0.108. The molecule has 1 saturated carbocycles. The highest BCUT2D eigenvalue weighted by Crippen LogP contribution is 2.47. The van der Waals surface area contributed by atoms with Crippen molar-refractivity contribution >= 4 is 17.6 Å². The number of nitrogens with zero attached hydrogens (tertiary/aromatic N) is 3. The summed E-state index contributed by atoms with van der Waals surface area (Å²) in [4.78, 5) is 33.6. The van der Waals surface area contributed by atoms with Crippen LogP contribution in [0.3, 0.4) is 0 Å². The van der Waals surface area contributed by atoms with E-state index in [4.69, 9.17) is 0 Å². The van der Waals surface area contributed by atoms with Crippen LogP contribution >= 0.6 is 0 Å². The van der Waals surface area contributed by atoms with E-state index in [-0.39, 0.29) is 30.3 Å². The Hall–Kier alpha value is -3.04. The van der Waals surface area contributed by atoms with E-state index in [9.17, 15) is 14.0 Å². The molecule has 8 nitrogen and oxygen atoms in total. The summed E-state index contributed by atoms with van der Waals surface area (Å²) in [7, 11) is 0. The first-order valence-corrected chi connectivity index (χ1v) is 12.6. The van der Waals surface area contributed by atoms with Crippen LogP contribution in [0.25, 0.3) is 0 Å². The number of aromatic nitrogens is 1. The molecule has 2 unspecified atom stereocenters. The standard InChI is InChI=1S/C26H33FN6O2/c27-24-14-20(31-25(34)23-15-22(23)18-2-1-7-29-16-18)4-3-19(24)17-30-26(35)33-10-5-21(6-11-33)32-12-8-28-9-13-32/h1-4,7,14,16,21-23,28H,5-6,8-13,15,17H2,(H,30,35)(H,31,34). The van der Waals surface area contributed by atoms with Crippen LogP contribution in [0.15, 0.2) is 42.7 Å². The molecule has 3 heterocycles. The van der Waals surface area contributed by atoms with Crippen LogP contribution in [-0.2, 0) is 11.3 Å². The van der Waals surface area contributed by atoms with Crippen LogP contribution in [0.2, 0.25) is 0 Å². The van der Waals surface area contributed by atoms with E-state index in [1.165, 1.54) is 6.07 Å². The zero-order valence-electron chi connectivity index (χ0n) is 19.9. The van der Waals surface area contributed by atoms with E-state index < -0.39 is 5.82 Å². The average molecular weight is 481 g/mol. The molecule has 3 amide bonds. The summed E-state index contributed by atoms with van der Waals surface area (Å²) < 4.78 is 14.7. The number of piperazine rings is 1. The monoisotopic (exact) mass is 480 g/mol. The van der Waals surface area contributed by atoms with Gasteiger partial charge < -0.3 is 20.9 Å². The van der Waals surface area contributed by atoms with Crippen molar-refractivity contribution in [1.82, 2.24) is 25.4 Å². The van der Waals surface area contributed by atoms with Gasteiger partial charge in [0.1, 0.15) is 5.82 Å². The molecule has 1 aliphatic carbocycles. The van der Waals surface area contributed by atoms with E-state index in [1.807, 2.05) is 17.0 Å². The lowest BCUT2D eigenvalue weighted by Gasteiger charge is -2.40. The molecule has 35 heavy (non-hydrogen) atoms. The van der Waals surface area contributed by atoms with Gasteiger partial charge in [-0.05, 0) is 48.9 Å². The maximum absolute atomic E-state index is 14.7. The van der Waals surface area contributed by atoms with E-state index in [0.29, 0.717) is 17.3 Å². The quantitative estimate of drug-likeness (QED) is 0.591. The molecule has 2 aliphatic heterocycles. The maximum Gasteiger partial charge on any atom is 0.317 e. The van der Waals surface area contributed by atoms with Gasteiger partial charge in [-0.2, -0.15) is 0 Å². The third kappa shape index (κ3) is 5.79. The Kier molecular flexibility index (Phi) is 7.24. The lowest BCUT2D eigenvalue weighted by molar-refractivity contribution is -0.117. The summed E-state index contributed by atoms with van der Waals surface area (Å²) in [6, 6.07) is 8.84. The summed E-state index contributed by atoms with van der Waals surface area (Å²) >= 11 is 0. The molecule has 1 aromatic carbocycles. The van der Waals surface area contributed by atoms with Gasteiger partial charge in [-0.1, -0.05) is 12.1 Å². The van der Waals surface area contributed by atoms with E-state index in [1.54, 1.807) is 24.5 Å². The Morgan fingerprint density at radius 3 is 2.63 bits per heavy atom. The molecule has 2 saturated heterocycles. The molecule has 186 valence electrons. The largest absolute Gasteiger partial charge is 0.334 e. The second-order valence-corrected chi connectivity index (χ2v) is 9.69. The van der Waals surface area contributed by atoms with Crippen LogP contribution in [0, 0.1) is 11.7 Å². The van der Waals surface area contributed by atoms with Gasteiger partial charge in [0.25, 0.3) is 0 Å². The van der Waals surface area contributed by atoms with Gasteiger partial charge in [0, 0.05) is 81.4 Å².